The molecule has 48 heavy (non-hydrogen) atoms. The molecule has 2 fully saturated rings. The van der Waals surface area contributed by atoms with Gasteiger partial charge in [-0.15, -0.1) is 0 Å². The minimum atomic E-state index is -4.21. The number of sulfonamides is 1. The van der Waals surface area contributed by atoms with Crippen LogP contribution in [0.4, 0.5) is 0 Å². The molecule has 1 amide bonds. The maximum absolute atomic E-state index is 14.1. The largest absolute Gasteiger partial charge is 0.619 e. The highest BCUT2D eigenvalue weighted by Crippen LogP contribution is 2.54. The molecule has 2 atom stereocenters. The first-order chi connectivity index (χ1) is 22.8. The van der Waals surface area contributed by atoms with Gasteiger partial charge in [0.1, 0.15) is 22.2 Å². The lowest BCUT2D eigenvalue weighted by atomic mass is 10.00. The summed E-state index contributed by atoms with van der Waals surface area (Å²) in [5.74, 6) is -0.871. The summed E-state index contributed by atoms with van der Waals surface area (Å²) in [5, 5.41) is 12.1. The van der Waals surface area contributed by atoms with E-state index in [2.05, 4.69) is 0 Å². The maximum Gasteiger partial charge on any atom is 0.325 e. The third-order valence-corrected chi connectivity index (χ3v) is 11.4. The van der Waals surface area contributed by atoms with Gasteiger partial charge in [0.15, 0.2) is 23.9 Å². The van der Waals surface area contributed by atoms with Gasteiger partial charge in [0.05, 0.1) is 12.0 Å². The molecule has 3 aromatic rings. The van der Waals surface area contributed by atoms with Crippen LogP contribution in [0.3, 0.4) is 0 Å². The Morgan fingerprint density at radius 1 is 1.08 bits per heavy atom. The van der Waals surface area contributed by atoms with E-state index in [4.69, 9.17) is 42.1 Å². The molecule has 1 saturated carbocycles. The van der Waals surface area contributed by atoms with Gasteiger partial charge in [-0.05, 0) is 56.0 Å². The fourth-order valence-corrected chi connectivity index (χ4v) is 8.77. The number of hydrogen-bond acceptors (Lipinski definition) is 9. The van der Waals surface area contributed by atoms with Gasteiger partial charge in [0.25, 0.3) is 11.7 Å². The smallest absolute Gasteiger partial charge is 0.325 e. The average Bonchev–Trinajstić information content (AvgIpc) is 3.82. The van der Waals surface area contributed by atoms with E-state index >= 15 is 0 Å². The van der Waals surface area contributed by atoms with Crippen LogP contribution in [0.15, 0.2) is 53.7 Å². The van der Waals surface area contributed by atoms with E-state index in [1.165, 1.54) is 36.3 Å². The van der Waals surface area contributed by atoms with Gasteiger partial charge in [-0.25, -0.2) is 8.42 Å². The summed E-state index contributed by atoms with van der Waals surface area (Å²) in [6.45, 7) is 0.0792. The van der Waals surface area contributed by atoms with Crippen LogP contribution in [0.2, 0.25) is 10.0 Å². The summed E-state index contributed by atoms with van der Waals surface area (Å²) in [4.78, 5) is 27.9. The van der Waals surface area contributed by atoms with Crippen LogP contribution in [0.5, 0.6) is 17.2 Å². The van der Waals surface area contributed by atoms with Crippen LogP contribution in [-0.2, 0) is 26.0 Å². The summed E-state index contributed by atoms with van der Waals surface area (Å²) >= 11 is 12.9. The topological polar surface area (TPSA) is 139 Å². The second kappa shape index (κ2) is 13.3. The highest BCUT2D eigenvalue weighted by molar-refractivity contribution is 7.89. The number of carbonyl (C=O) groups excluding carboxylic acids is 2. The van der Waals surface area contributed by atoms with Gasteiger partial charge in [0, 0.05) is 56.6 Å². The van der Waals surface area contributed by atoms with E-state index in [0.29, 0.717) is 52.4 Å². The molecule has 0 bridgehead atoms. The lowest BCUT2D eigenvalue weighted by molar-refractivity contribution is -0.605. The van der Waals surface area contributed by atoms with Crippen LogP contribution in [0.1, 0.15) is 66.1 Å². The van der Waals surface area contributed by atoms with Crippen LogP contribution >= 0.6 is 23.2 Å². The maximum atomic E-state index is 14.1. The van der Waals surface area contributed by atoms with E-state index in [-0.39, 0.29) is 45.8 Å². The number of benzene rings is 2. The molecule has 256 valence electrons. The van der Waals surface area contributed by atoms with Gasteiger partial charge in [0.2, 0.25) is 15.8 Å². The molecular formula is C33H35Cl2N3O9S. The molecule has 1 saturated heterocycles. The Hall–Kier alpha value is -3.78. The Labute approximate surface area is 288 Å². The Bertz CT molecular complexity index is 1840. The lowest BCUT2D eigenvalue weighted by Crippen LogP contribution is -2.42. The normalized spacial score (nSPS) is 19.0. The van der Waals surface area contributed by atoms with Crippen molar-refractivity contribution in [2.45, 2.75) is 67.8 Å². The van der Waals surface area contributed by atoms with E-state index in [1.807, 2.05) is 0 Å². The van der Waals surface area contributed by atoms with Crippen molar-refractivity contribution in [3.8, 4) is 17.2 Å². The molecule has 3 aliphatic rings. The zero-order chi connectivity index (χ0) is 34.4. The van der Waals surface area contributed by atoms with Gasteiger partial charge >= 0.3 is 5.97 Å². The van der Waals surface area contributed by atoms with Crippen molar-refractivity contribution >= 4 is 45.1 Å². The molecule has 1 aliphatic carbocycles. The van der Waals surface area contributed by atoms with Crippen LogP contribution in [0, 0.1) is 5.21 Å². The third kappa shape index (κ3) is 6.36. The molecule has 0 radical (unpaired) electrons. The fourth-order valence-electron chi connectivity index (χ4n) is 6.48. The quantitative estimate of drug-likeness (QED) is 0.169. The SMILES string of the molecule is COc1ccc(C(Cc2c(Cl)c[n+]([O-])cc2Cl)OC(=O)[C@@H]2CCCN2S(=O)(=O)c2cccc(C(=O)N(C)C)c2)c2c1OC1(CCCC1)O2. The molecule has 2 aliphatic heterocycles. The zero-order valence-electron chi connectivity index (χ0n) is 26.6. The number of fused-ring (bicyclic) bond motifs is 1. The minimum absolute atomic E-state index is 0.0605. The first-order valence-corrected chi connectivity index (χ1v) is 17.7. The molecule has 1 aromatic heterocycles. The van der Waals surface area contributed by atoms with Crippen molar-refractivity contribution in [1.29, 1.82) is 0 Å². The van der Waals surface area contributed by atoms with E-state index in [0.717, 1.165) is 29.5 Å². The number of methoxy groups -OCH3 is 1. The highest BCUT2D eigenvalue weighted by atomic mass is 35.5. The van der Waals surface area contributed by atoms with Crippen LogP contribution in [0.25, 0.3) is 0 Å². The number of rotatable bonds is 9. The predicted octanol–water partition coefficient (Wildman–Crippen LogP) is 5.06. The lowest BCUT2D eigenvalue weighted by Gasteiger charge is -2.27. The van der Waals surface area contributed by atoms with Crippen LogP contribution < -0.4 is 18.9 Å². The number of ether oxygens (including phenoxy) is 4. The summed E-state index contributed by atoms with van der Waals surface area (Å²) in [6, 6.07) is 7.95. The zero-order valence-corrected chi connectivity index (χ0v) is 28.9. The van der Waals surface area contributed by atoms with Crippen molar-refractivity contribution in [3.63, 3.8) is 0 Å². The summed E-state index contributed by atoms with van der Waals surface area (Å²) in [5.41, 5.74) is 0.989. The Kier molecular flexibility index (Phi) is 9.42. The third-order valence-electron chi connectivity index (χ3n) is 8.89. The number of pyridine rings is 1. The Morgan fingerprint density at radius 2 is 1.77 bits per heavy atom. The van der Waals surface area contributed by atoms with Crippen molar-refractivity contribution in [2.24, 2.45) is 0 Å². The number of amides is 1. The van der Waals surface area contributed by atoms with E-state index in [9.17, 15) is 23.2 Å². The first kappa shape index (κ1) is 34.1. The fraction of sp³-hybridized carbons (Fsp3) is 0.424. The summed E-state index contributed by atoms with van der Waals surface area (Å²) in [7, 11) is 0.454. The molecule has 2 aromatic carbocycles. The molecule has 6 rings (SSSR count). The van der Waals surface area contributed by atoms with Gasteiger partial charge in [-0.2, -0.15) is 9.04 Å². The molecule has 12 nitrogen and oxygen atoms in total. The van der Waals surface area contributed by atoms with Crippen molar-refractivity contribution in [1.82, 2.24) is 9.21 Å². The Balaban J connectivity index is 1.35. The Morgan fingerprint density at radius 3 is 2.44 bits per heavy atom. The highest BCUT2D eigenvalue weighted by Gasteiger charge is 2.48. The second-order valence-corrected chi connectivity index (χ2v) is 15.0. The number of esters is 1. The summed E-state index contributed by atoms with van der Waals surface area (Å²) < 4.78 is 54.0. The molecule has 1 spiro atoms. The number of aromatic nitrogens is 1. The second-order valence-electron chi connectivity index (χ2n) is 12.3. The molecule has 1 unspecified atom stereocenters. The average molecular weight is 721 g/mol. The minimum Gasteiger partial charge on any atom is -0.619 e. The molecular weight excluding hydrogens is 685 g/mol. The first-order valence-electron chi connectivity index (χ1n) is 15.5. The van der Waals surface area contributed by atoms with Crippen molar-refractivity contribution in [2.75, 3.05) is 27.7 Å². The van der Waals surface area contributed by atoms with E-state index in [1.54, 1.807) is 26.2 Å². The molecule has 3 heterocycles. The molecule has 0 N–H and O–H groups in total. The number of hydrogen-bond donors (Lipinski definition) is 0. The molecule has 15 heteroatoms. The number of halogens is 2. The summed E-state index contributed by atoms with van der Waals surface area (Å²) in [6.07, 6.45) is 4.91. The predicted molar refractivity (Wildman–Crippen MR) is 175 cm³/mol. The van der Waals surface area contributed by atoms with Crippen molar-refractivity contribution < 1.29 is 41.7 Å². The van der Waals surface area contributed by atoms with Crippen LogP contribution in [-0.4, -0.2) is 69.1 Å². The van der Waals surface area contributed by atoms with Gasteiger partial charge in [-0.3, -0.25) is 9.59 Å². The monoisotopic (exact) mass is 719 g/mol. The van der Waals surface area contributed by atoms with E-state index < -0.39 is 33.9 Å². The number of carbonyl (C=O) groups is 2. The van der Waals surface area contributed by atoms with Gasteiger partial charge < -0.3 is 29.1 Å². The number of nitrogens with zero attached hydrogens (tertiary/aromatic N) is 3. The standard InChI is InChI=1S/C33H35Cl2N3O9S/c1-36(2)31(39)20-8-6-9-21(16-20)48(42,43)38-15-7-10-26(38)32(40)45-28(17-23-24(34)18-37(41)19-25(23)35)22-11-12-27(44-3)30-29(22)46-33(47-30)13-4-5-14-33/h6,8-9,11-12,16,18-19,26,28H,4-5,7,10,13-15,17H2,1-3H3/t26-,28?/m0/s1. The van der Waals surface area contributed by atoms with Crippen molar-refractivity contribution in [3.05, 3.63) is 80.7 Å². The van der Waals surface area contributed by atoms with Gasteiger partial charge in [-0.1, -0.05) is 29.3 Å².